The molecule has 0 spiro atoms. The van der Waals surface area contributed by atoms with Crippen LogP contribution >= 0.6 is 24.0 Å². The van der Waals surface area contributed by atoms with Gasteiger partial charge in [-0.05, 0) is 46.7 Å². The summed E-state index contributed by atoms with van der Waals surface area (Å²) in [7, 11) is 6.20. The lowest BCUT2D eigenvalue weighted by molar-refractivity contribution is 0.0795. The first-order chi connectivity index (χ1) is 11.4. The van der Waals surface area contributed by atoms with Crippen molar-refractivity contribution in [2.24, 2.45) is 10.9 Å². The molecule has 0 amide bonds. The Morgan fingerprint density at radius 2 is 2.08 bits per heavy atom. The normalized spacial score (nSPS) is 24.1. The maximum atomic E-state index is 5.22. The first-order valence-electron chi connectivity index (χ1n) is 8.91. The van der Waals surface area contributed by atoms with E-state index in [2.05, 4.69) is 46.7 Å². The van der Waals surface area contributed by atoms with Gasteiger partial charge in [0, 0.05) is 31.2 Å². The maximum Gasteiger partial charge on any atom is 0.191 e. The number of halogens is 1. The Kier molecular flexibility index (Phi) is 8.67. The zero-order valence-corrected chi connectivity index (χ0v) is 18.8. The Balaban J connectivity index is 0.00000312. The van der Waals surface area contributed by atoms with Crippen molar-refractivity contribution >= 4 is 29.9 Å². The van der Waals surface area contributed by atoms with E-state index in [1.807, 2.05) is 20.9 Å². The minimum absolute atomic E-state index is 0. The van der Waals surface area contributed by atoms with Gasteiger partial charge in [-0.15, -0.1) is 24.0 Å². The van der Waals surface area contributed by atoms with Gasteiger partial charge in [-0.1, -0.05) is 24.9 Å². The predicted octanol–water partition coefficient (Wildman–Crippen LogP) is 3.08. The summed E-state index contributed by atoms with van der Waals surface area (Å²) in [5.74, 6) is 2.47. The second kappa shape index (κ2) is 9.75. The maximum absolute atomic E-state index is 5.22. The number of nitrogens with zero attached hydrogens (tertiary/aromatic N) is 3. The summed E-state index contributed by atoms with van der Waals surface area (Å²) in [5, 5.41) is 10.9. The molecule has 2 rings (SSSR count). The van der Waals surface area contributed by atoms with E-state index < -0.39 is 0 Å². The Morgan fingerprint density at radius 1 is 1.36 bits per heavy atom. The van der Waals surface area contributed by atoms with Crippen LogP contribution in [0.15, 0.2) is 9.52 Å². The fraction of sp³-hybridized carbons (Fsp3) is 0.778. The van der Waals surface area contributed by atoms with Crippen molar-refractivity contribution in [3.63, 3.8) is 0 Å². The van der Waals surface area contributed by atoms with E-state index in [-0.39, 0.29) is 29.5 Å². The number of aliphatic imine (C=N–C) groups is 1. The van der Waals surface area contributed by atoms with Gasteiger partial charge in [-0.3, -0.25) is 4.99 Å². The Hall–Kier alpha value is -0.830. The number of hydrogen-bond acceptors (Lipinski definition) is 4. The van der Waals surface area contributed by atoms with Gasteiger partial charge < -0.3 is 20.1 Å². The average Bonchev–Trinajstić information content (AvgIpc) is 2.86. The Labute approximate surface area is 169 Å². The van der Waals surface area contributed by atoms with E-state index in [9.17, 15) is 0 Å². The molecule has 2 N–H and O–H groups in total. The van der Waals surface area contributed by atoms with E-state index >= 15 is 0 Å². The highest BCUT2D eigenvalue weighted by Crippen LogP contribution is 2.35. The number of hydrogen-bond donors (Lipinski definition) is 2. The summed E-state index contributed by atoms with van der Waals surface area (Å²) in [6.07, 6.45) is 5.10. The molecule has 1 heterocycles. The van der Waals surface area contributed by atoms with Crippen molar-refractivity contribution in [3.8, 4) is 0 Å². The summed E-state index contributed by atoms with van der Waals surface area (Å²) in [4.78, 5) is 6.75. The molecule has 1 saturated carbocycles. The van der Waals surface area contributed by atoms with Crippen LogP contribution in [0.5, 0.6) is 0 Å². The third kappa shape index (κ3) is 5.57. The van der Waals surface area contributed by atoms with Crippen LogP contribution in [0.2, 0.25) is 0 Å². The smallest absolute Gasteiger partial charge is 0.191 e. The van der Waals surface area contributed by atoms with Crippen molar-refractivity contribution in [1.29, 1.82) is 0 Å². The van der Waals surface area contributed by atoms with Gasteiger partial charge in [0.15, 0.2) is 5.96 Å². The Bertz CT molecular complexity index is 552. The number of guanidine groups is 1. The van der Waals surface area contributed by atoms with Gasteiger partial charge in [0.2, 0.25) is 0 Å². The van der Waals surface area contributed by atoms with Crippen molar-refractivity contribution in [2.75, 3.05) is 27.7 Å². The first-order valence-corrected chi connectivity index (χ1v) is 8.91. The van der Waals surface area contributed by atoms with Gasteiger partial charge in [-0.2, -0.15) is 0 Å². The summed E-state index contributed by atoms with van der Waals surface area (Å²) in [6, 6.07) is 0. The standard InChI is InChI=1S/C18H33N5O.HI/c1-13-8-7-9-18(10-13,23(5)6)12-21-17(19-4)20-11-16-14(2)22-24-15(16)3;/h13H,7-12H2,1-6H3,(H2,19,20,21);1H. The molecular weight excluding hydrogens is 429 g/mol. The number of rotatable bonds is 5. The van der Waals surface area contributed by atoms with Crippen LogP contribution in [0, 0.1) is 19.8 Å². The topological polar surface area (TPSA) is 65.7 Å². The van der Waals surface area contributed by atoms with Crippen molar-refractivity contribution in [2.45, 2.75) is 58.5 Å². The Morgan fingerprint density at radius 3 is 2.60 bits per heavy atom. The largest absolute Gasteiger partial charge is 0.361 e. The van der Waals surface area contributed by atoms with E-state index in [4.69, 9.17) is 4.52 Å². The van der Waals surface area contributed by atoms with Crippen LogP contribution in [0.1, 0.15) is 49.6 Å². The third-order valence-electron chi connectivity index (χ3n) is 5.44. The zero-order chi connectivity index (χ0) is 17.7. The van der Waals surface area contributed by atoms with Crippen molar-refractivity contribution < 1.29 is 4.52 Å². The zero-order valence-electron chi connectivity index (χ0n) is 16.5. The van der Waals surface area contributed by atoms with E-state index in [1.165, 1.54) is 25.7 Å². The first kappa shape index (κ1) is 22.2. The number of aromatic nitrogens is 1. The molecule has 2 unspecified atom stereocenters. The number of nitrogens with one attached hydrogen (secondary N) is 2. The van der Waals surface area contributed by atoms with Crippen LogP contribution in [0.4, 0.5) is 0 Å². The monoisotopic (exact) mass is 463 g/mol. The number of likely N-dealkylation sites (N-methyl/N-ethyl adjacent to an activating group) is 1. The third-order valence-corrected chi connectivity index (χ3v) is 5.44. The van der Waals surface area contributed by atoms with E-state index in [1.54, 1.807) is 0 Å². The van der Waals surface area contributed by atoms with Crippen LogP contribution in [-0.2, 0) is 6.54 Å². The van der Waals surface area contributed by atoms with Crippen LogP contribution in [0.25, 0.3) is 0 Å². The molecule has 6 nitrogen and oxygen atoms in total. The lowest BCUT2D eigenvalue weighted by atomic mass is 9.75. The molecular formula is C18H34IN5O. The predicted molar refractivity (Wildman–Crippen MR) is 114 cm³/mol. The van der Waals surface area contributed by atoms with Crippen LogP contribution in [-0.4, -0.2) is 49.2 Å². The summed E-state index contributed by atoms with van der Waals surface area (Å²) >= 11 is 0. The molecule has 1 aliphatic rings. The molecule has 1 aromatic rings. The molecule has 1 fully saturated rings. The molecule has 0 aromatic carbocycles. The highest BCUT2D eigenvalue weighted by atomic mass is 127. The van der Waals surface area contributed by atoms with Crippen LogP contribution in [0.3, 0.4) is 0 Å². The second-order valence-corrected chi connectivity index (χ2v) is 7.40. The number of aryl methyl sites for hydroxylation is 2. The quantitative estimate of drug-likeness (QED) is 0.399. The minimum atomic E-state index is 0. The molecule has 1 aromatic heterocycles. The molecule has 0 radical (unpaired) electrons. The van der Waals surface area contributed by atoms with Gasteiger partial charge >= 0.3 is 0 Å². The van der Waals surface area contributed by atoms with Crippen molar-refractivity contribution in [3.05, 3.63) is 17.0 Å². The van der Waals surface area contributed by atoms with Crippen LogP contribution < -0.4 is 10.6 Å². The molecule has 1 aliphatic carbocycles. The second-order valence-electron chi connectivity index (χ2n) is 7.40. The summed E-state index contributed by atoms with van der Waals surface area (Å²) < 4.78 is 5.22. The van der Waals surface area contributed by atoms with Gasteiger partial charge in [0.05, 0.1) is 5.69 Å². The van der Waals surface area contributed by atoms with Gasteiger partial charge in [0.25, 0.3) is 0 Å². The summed E-state index contributed by atoms with van der Waals surface area (Å²) in [5.41, 5.74) is 2.24. The SMILES string of the molecule is CN=C(NCc1c(C)noc1C)NCC1(N(C)C)CCCC(C)C1.I. The van der Waals surface area contributed by atoms with E-state index in [0.29, 0.717) is 6.54 Å². The molecule has 25 heavy (non-hydrogen) atoms. The molecule has 144 valence electrons. The summed E-state index contributed by atoms with van der Waals surface area (Å²) in [6.45, 7) is 7.85. The molecule has 0 aliphatic heterocycles. The highest BCUT2D eigenvalue weighted by molar-refractivity contribution is 14.0. The lowest BCUT2D eigenvalue weighted by Crippen LogP contribution is -2.56. The van der Waals surface area contributed by atoms with Crippen molar-refractivity contribution in [1.82, 2.24) is 20.7 Å². The highest BCUT2D eigenvalue weighted by Gasteiger charge is 2.36. The lowest BCUT2D eigenvalue weighted by Gasteiger charge is -2.45. The van der Waals surface area contributed by atoms with Gasteiger partial charge in [0.1, 0.15) is 5.76 Å². The molecule has 2 atom stereocenters. The minimum Gasteiger partial charge on any atom is -0.361 e. The average molecular weight is 463 g/mol. The van der Waals surface area contributed by atoms with Gasteiger partial charge in [-0.25, -0.2) is 0 Å². The molecule has 7 heteroatoms. The van der Waals surface area contributed by atoms with E-state index in [0.717, 1.165) is 35.4 Å². The fourth-order valence-electron chi connectivity index (χ4n) is 3.75. The molecule has 0 bridgehead atoms. The molecule has 0 saturated heterocycles. The fourth-order valence-corrected chi connectivity index (χ4v) is 3.75.